The molecule has 0 saturated carbocycles. The molecule has 0 spiro atoms. The van der Waals surface area contributed by atoms with Crippen LogP contribution in [0.3, 0.4) is 0 Å². The average molecular weight is 215 g/mol. The normalized spacial score (nSPS) is 25.1. The zero-order valence-corrected chi connectivity index (χ0v) is 9.61. The zero-order valence-electron chi connectivity index (χ0n) is 9.61. The minimum atomic E-state index is -0.718. The van der Waals surface area contributed by atoms with Gasteiger partial charge in [0.1, 0.15) is 0 Å². The molecule has 4 nitrogen and oxygen atoms in total. The summed E-state index contributed by atoms with van der Waals surface area (Å²) in [6.07, 6.45) is 2.03. The molecule has 4 heteroatoms. The van der Waals surface area contributed by atoms with Gasteiger partial charge in [0.2, 0.25) is 0 Å². The van der Waals surface area contributed by atoms with E-state index in [2.05, 4.69) is 18.7 Å². The quantitative estimate of drug-likeness (QED) is 0.752. The van der Waals surface area contributed by atoms with Crippen molar-refractivity contribution in [3.05, 3.63) is 0 Å². The Labute approximate surface area is 91.2 Å². The van der Waals surface area contributed by atoms with Crippen molar-refractivity contribution >= 4 is 5.97 Å². The molecule has 1 fully saturated rings. The van der Waals surface area contributed by atoms with Gasteiger partial charge in [-0.25, -0.2) is 0 Å². The lowest BCUT2D eigenvalue weighted by molar-refractivity contribution is -0.137. The molecule has 0 aromatic rings. The first-order valence-corrected chi connectivity index (χ1v) is 5.70. The third-order valence-corrected chi connectivity index (χ3v) is 3.12. The Balaban J connectivity index is 2.45. The van der Waals surface area contributed by atoms with Crippen LogP contribution in [0.2, 0.25) is 0 Å². The Kier molecular flexibility index (Phi) is 5.05. The van der Waals surface area contributed by atoms with Gasteiger partial charge in [0, 0.05) is 25.0 Å². The van der Waals surface area contributed by atoms with Gasteiger partial charge in [0.25, 0.3) is 0 Å². The molecule has 0 radical (unpaired) electrons. The summed E-state index contributed by atoms with van der Waals surface area (Å²) in [5.74, 6) is -0.718. The third-order valence-electron chi connectivity index (χ3n) is 3.12. The predicted molar refractivity (Wildman–Crippen MR) is 57.9 cm³/mol. The van der Waals surface area contributed by atoms with Crippen molar-refractivity contribution in [3.63, 3.8) is 0 Å². The second-order valence-electron chi connectivity index (χ2n) is 4.16. The predicted octanol–water partition coefficient (Wildman–Crippen LogP) is 1.35. The maximum absolute atomic E-state index is 10.5. The molecule has 88 valence electrons. The molecule has 0 aromatic carbocycles. The van der Waals surface area contributed by atoms with Crippen molar-refractivity contribution in [2.45, 2.75) is 45.2 Å². The molecule has 1 saturated heterocycles. The lowest BCUT2D eigenvalue weighted by atomic mass is 10.1. The lowest BCUT2D eigenvalue weighted by Crippen LogP contribution is -2.49. The number of nitrogens with zero attached hydrogens (tertiary/aromatic N) is 1. The molecule has 15 heavy (non-hydrogen) atoms. The highest BCUT2D eigenvalue weighted by Gasteiger charge is 2.26. The smallest absolute Gasteiger partial charge is 0.303 e. The van der Waals surface area contributed by atoms with E-state index in [1.165, 1.54) is 0 Å². The molecular formula is C11H21NO3. The lowest BCUT2D eigenvalue weighted by Gasteiger charge is -2.39. The number of aliphatic carboxylic acids is 1. The van der Waals surface area contributed by atoms with E-state index >= 15 is 0 Å². The summed E-state index contributed by atoms with van der Waals surface area (Å²) >= 11 is 0. The van der Waals surface area contributed by atoms with E-state index in [1.54, 1.807) is 0 Å². The third kappa shape index (κ3) is 3.80. The van der Waals surface area contributed by atoms with Gasteiger partial charge in [0.05, 0.1) is 13.2 Å². The molecule has 0 bridgehead atoms. The van der Waals surface area contributed by atoms with Crippen molar-refractivity contribution in [3.8, 4) is 0 Å². The van der Waals surface area contributed by atoms with E-state index in [1.807, 2.05) is 0 Å². The maximum atomic E-state index is 10.5. The molecular weight excluding hydrogens is 194 g/mol. The van der Waals surface area contributed by atoms with Crippen LogP contribution in [0.4, 0.5) is 0 Å². The topological polar surface area (TPSA) is 49.8 Å². The molecule has 1 aliphatic heterocycles. The van der Waals surface area contributed by atoms with E-state index in [4.69, 9.17) is 9.84 Å². The van der Waals surface area contributed by atoms with Crippen molar-refractivity contribution in [2.75, 3.05) is 19.8 Å². The molecule has 0 amide bonds. The Morgan fingerprint density at radius 2 is 2.40 bits per heavy atom. The first-order chi connectivity index (χ1) is 7.15. The monoisotopic (exact) mass is 215 g/mol. The van der Waals surface area contributed by atoms with Crippen molar-refractivity contribution in [1.29, 1.82) is 0 Å². The van der Waals surface area contributed by atoms with Gasteiger partial charge in [-0.3, -0.25) is 9.69 Å². The van der Waals surface area contributed by atoms with Gasteiger partial charge < -0.3 is 9.84 Å². The van der Waals surface area contributed by atoms with Crippen molar-refractivity contribution in [2.24, 2.45) is 0 Å². The number of carboxylic acids is 1. The maximum Gasteiger partial charge on any atom is 0.303 e. The first-order valence-electron chi connectivity index (χ1n) is 5.70. The molecule has 1 heterocycles. The van der Waals surface area contributed by atoms with E-state index in [0.717, 1.165) is 19.6 Å². The first kappa shape index (κ1) is 12.5. The summed E-state index contributed by atoms with van der Waals surface area (Å²) in [4.78, 5) is 12.9. The van der Waals surface area contributed by atoms with Crippen molar-refractivity contribution in [1.82, 2.24) is 4.90 Å². The number of hydrogen-bond donors (Lipinski definition) is 1. The number of rotatable bonds is 5. The van der Waals surface area contributed by atoms with E-state index in [9.17, 15) is 4.79 Å². The van der Waals surface area contributed by atoms with Crippen molar-refractivity contribution < 1.29 is 14.6 Å². The summed E-state index contributed by atoms with van der Waals surface area (Å²) in [6.45, 7) is 6.73. The van der Waals surface area contributed by atoms with Crippen LogP contribution in [0, 0.1) is 0 Å². The Hall–Kier alpha value is -0.610. The highest BCUT2D eigenvalue weighted by Crippen LogP contribution is 2.17. The van der Waals surface area contributed by atoms with Gasteiger partial charge in [-0.05, 0) is 19.8 Å². The second kappa shape index (κ2) is 6.08. The summed E-state index contributed by atoms with van der Waals surface area (Å²) in [6, 6.07) is 0.803. The molecule has 1 rings (SSSR count). The van der Waals surface area contributed by atoms with E-state index < -0.39 is 5.97 Å². The standard InChI is InChI=1S/C11H21NO3/c1-3-9(2)12-6-7-15-8-10(12)4-5-11(13)14/h9-10H,3-8H2,1-2H3,(H,13,14)/t9?,10-/m0/s1. The summed E-state index contributed by atoms with van der Waals surface area (Å²) in [7, 11) is 0. The van der Waals surface area contributed by atoms with Crippen LogP contribution in [0.5, 0.6) is 0 Å². The van der Waals surface area contributed by atoms with Crippen LogP contribution in [0.15, 0.2) is 0 Å². The molecule has 2 atom stereocenters. The van der Waals surface area contributed by atoms with Crippen LogP contribution in [-0.2, 0) is 9.53 Å². The molecule has 1 aliphatic rings. The fourth-order valence-electron chi connectivity index (χ4n) is 2.02. The van der Waals surface area contributed by atoms with Gasteiger partial charge in [0.15, 0.2) is 0 Å². The Morgan fingerprint density at radius 3 is 3.00 bits per heavy atom. The number of carboxylic acid groups (broad SMARTS) is 1. The minimum absolute atomic E-state index is 0.237. The van der Waals surface area contributed by atoms with E-state index in [0.29, 0.717) is 19.1 Å². The minimum Gasteiger partial charge on any atom is -0.481 e. The summed E-state index contributed by atoms with van der Waals surface area (Å²) in [5.41, 5.74) is 0. The highest BCUT2D eigenvalue weighted by molar-refractivity contribution is 5.66. The van der Waals surface area contributed by atoms with Crippen LogP contribution in [-0.4, -0.2) is 47.8 Å². The number of carbonyl (C=O) groups is 1. The van der Waals surface area contributed by atoms with Gasteiger partial charge in [-0.2, -0.15) is 0 Å². The van der Waals surface area contributed by atoms with Crippen LogP contribution >= 0.6 is 0 Å². The van der Waals surface area contributed by atoms with Crippen LogP contribution in [0.25, 0.3) is 0 Å². The molecule has 1 unspecified atom stereocenters. The van der Waals surface area contributed by atoms with Gasteiger partial charge >= 0.3 is 5.97 Å². The number of ether oxygens (including phenoxy) is 1. The second-order valence-corrected chi connectivity index (χ2v) is 4.16. The molecule has 0 aromatic heterocycles. The molecule has 1 N–H and O–H groups in total. The number of hydrogen-bond acceptors (Lipinski definition) is 3. The average Bonchev–Trinajstić information content (AvgIpc) is 2.25. The van der Waals surface area contributed by atoms with Crippen LogP contribution in [0.1, 0.15) is 33.1 Å². The van der Waals surface area contributed by atoms with Crippen LogP contribution < -0.4 is 0 Å². The van der Waals surface area contributed by atoms with Gasteiger partial charge in [-0.15, -0.1) is 0 Å². The number of morpholine rings is 1. The van der Waals surface area contributed by atoms with E-state index in [-0.39, 0.29) is 12.5 Å². The summed E-state index contributed by atoms with van der Waals surface area (Å²) < 4.78 is 5.40. The molecule has 0 aliphatic carbocycles. The largest absolute Gasteiger partial charge is 0.481 e. The fraction of sp³-hybridized carbons (Fsp3) is 0.909. The summed E-state index contributed by atoms with van der Waals surface area (Å²) in [5, 5.41) is 8.67. The zero-order chi connectivity index (χ0) is 11.3. The van der Waals surface area contributed by atoms with Gasteiger partial charge in [-0.1, -0.05) is 6.92 Å². The highest BCUT2D eigenvalue weighted by atomic mass is 16.5. The fourth-order valence-corrected chi connectivity index (χ4v) is 2.02. The Bertz CT molecular complexity index is 208. The SMILES string of the molecule is CCC(C)N1CCOC[C@@H]1CCC(=O)O. The Morgan fingerprint density at radius 1 is 1.67 bits per heavy atom.